The molecule has 1 fully saturated rings. The molecule has 1 aliphatic heterocycles. The van der Waals surface area contributed by atoms with Crippen molar-refractivity contribution in [3.63, 3.8) is 0 Å². The van der Waals surface area contributed by atoms with Crippen molar-refractivity contribution in [2.75, 3.05) is 39.4 Å². The molecule has 4 heteroatoms. The van der Waals surface area contributed by atoms with Crippen molar-refractivity contribution < 1.29 is 14.4 Å². The summed E-state index contributed by atoms with van der Waals surface area (Å²) in [5.41, 5.74) is 2.10. The Kier molecular flexibility index (Phi) is 8.85. The third kappa shape index (κ3) is 7.02. The molecule has 0 atom stereocenters. The highest BCUT2D eigenvalue weighted by Gasteiger charge is 2.13. The maximum Gasteiger partial charge on any atom is 0.251 e. The molecule has 0 saturated carbocycles. The minimum atomic E-state index is 0.0390. The third-order valence-electron chi connectivity index (χ3n) is 4.75. The highest BCUT2D eigenvalue weighted by atomic mass is 16.5. The summed E-state index contributed by atoms with van der Waals surface area (Å²) in [6.45, 7) is 7.71. The second kappa shape index (κ2) is 11.2. The van der Waals surface area contributed by atoms with Gasteiger partial charge in [-0.15, -0.1) is 0 Å². The predicted molar refractivity (Wildman–Crippen MR) is 97.6 cm³/mol. The first-order chi connectivity index (χ1) is 11.8. The van der Waals surface area contributed by atoms with Crippen LogP contribution in [0.2, 0.25) is 0 Å². The number of carbonyl (C=O) groups is 1. The van der Waals surface area contributed by atoms with Gasteiger partial charge in [0.25, 0.3) is 5.91 Å². The van der Waals surface area contributed by atoms with E-state index in [4.69, 9.17) is 4.74 Å². The van der Waals surface area contributed by atoms with Gasteiger partial charge in [-0.2, -0.15) is 0 Å². The fraction of sp³-hybridized carbons (Fsp3) is 0.650. The van der Waals surface area contributed by atoms with Gasteiger partial charge in [-0.3, -0.25) is 4.79 Å². The lowest BCUT2D eigenvalue weighted by atomic mass is 10.0. The number of aryl methyl sites for hydroxylation is 1. The van der Waals surface area contributed by atoms with Crippen LogP contribution in [0, 0.1) is 0 Å². The van der Waals surface area contributed by atoms with Crippen molar-refractivity contribution in [3.8, 4) is 0 Å². The highest BCUT2D eigenvalue weighted by molar-refractivity contribution is 5.94. The van der Waals surface area contributed by atoms with Gasteiger partial charge >= 0.3 is 0 Å². The largest absolute Gasteiger partial charge is 0.370 e. The topological polar surface area (TPSA) is 42.8 Å². The van der Waals surface area contributed by atoms with Crippen molar-refractivity contribution in [1.29, 1.82) is 0 Å². The Morgan fingerprint density at radius 3 is 2.50 bits per heavy atom. The van der Waals surface area contributed by atoms with Crippen molar-refractivity contribution >= 4 is 5.91 Å². The van der Waals surface area contributed by atoms with Crippen LogP contribution in [0.5, 0.6) is 0 Å². The summed E-state index contributed by atoms with van der Waals surface area (Å²) in [6.07, 6.45) is 7.63. The number of nitrogens with one attached hydrogen (secondary N) is 2. The standard InChI is InChI=1S/C20H32N2O2/c1-2-3-4-5-6-7-18-8-10-19(11-9-18)20(23)21-12-13-22-14-16-24-17-15-22/h8-11H,2-7,12-17H2,1H3,(H,21,23)/p+1. The summed E-state index contributed by atoms with van der Waals surface area (Å²) in [7, 11) is 0. The minimum absolute atomic E-state index is 0.0390. The first-order valence-electron chi connectivity index (χ1n) is 9.58. The molecule has 0 radical (unpaired) electrons. The van der Waals surface area contributed by atoms with E-state index < -0.39 is 0 Å². The number of carbonyl (C=O) groups excluding carboxylic acids is 1. The normalized spacial score (nSPS) is 15.4. The summed E-state index contributed by atoms with van der Waals surface area (Å²) in [6, 6.07) is 8.11. The van der Waals surface area contributed by atoms with E-state index in [2.05, 4.69) is 24.4 Å². The van der Waals surface area contributed by atoms with E-state index in [0.29, 0.717) is 0 Å². The van der Waals surface area contributed by atoms with Crippen LogP contribution in [0.1, 0.15) is 54.9 Å². The molecule has 2 rings (SSSR count). The Bertz CT molecular complexity index is 467. The lowest BCUT2D eigenvalue weighted by molar-refractivity contribution is -0.906. The summed E-state index contributed by atoms with van der Waals surface area (Å²) >= 11 is 0. The number of amides is 1. The molecule has 1 aromatic carbocycles. The minimum Gasteiger partial charge on any atom is -0.370 e. The van der Waals surface area contributed by atoms with Crippen molar-refractivity contribution in [2.45, 2.75) is 45.4 Å². The number of ether oxygens (including phenoxy) is 1. The van der Waals surface area contributed by atoms with E-state index >= 15 is 0 Å². The number of hydrogen-bond acceptors (Lipinski definition) is 2. The molecule has 1 aliphatic rings. The van der Waals surface area contributed by atoms with E-state index in [1.165, 1.54) is 42.6 Å². The summed E-state index contributed by atoms with van der Waals surface area (Å²) in [5, 5.41) is 3.03. The Labute approximate surface area is 146 Å². The van der Waals surface area contributed by atoms with Gasteiger partial charge in [0.2, 0.25) is 0 Å². The van der Waals surface area contributed by atoms with Gasteiger partial charge in [0.15, 0.2) is 0 Å². The summed E-state index contributed by atoms with van der Waals surface area (Å²) in [4.78, 5) is 13.7. The monoisotopic (exact) mass is 333 g/mol. The number of hydrogen-bond donors (Lipinski definition) is 2. The van der Waals surface area contributed by atoms with Crippen LogP contribution in [-0.4, -0.2) is 45.3 Å². The van der Waals surface area contributed by atoms with Crippen molar-refractivity contribution in [1.82, 2.24) is 5.32 Å². The third-order valence-corrected chi connectivity index (χ3v) is 4.75. The number of unbranched alkanes of at least 4 members (excludes halogenated alkanes) is 4. The van der Waals surface area contributed by atoms with Gasteiger partial charge in [-0.05, 0) is 30.5 Å². The van der Waals surface area contributed by atoms with Gasteiger partial charge in [0.05, 0.1) is 26.3 Å². The molecule has 0 aromatic heterocycles. The van der Waals surface area contributed by atoms with Crippen LogP contribution >= 0.6 is 0 Å². The number of rotatable bonds is 10. The van der Waals surface area contributed by atoms with E-state index in [1.807, 2.05) is 12.1 Å². The van der Waals surface area contributed by atoms with Gasteiger partial charge in [0, 0.05) is 5.56 Å². The number of quaternary nitrogens is 1. The average Bonchev–Trinajstić information content (AvgIpc) is 2.63. The summed E-state index contributed by atoms with van der Waals surface area (Å²) in [5.74, 6) is 0.0390. The first-order valence-corrected chi connectivity index (χ1v) is 9.58. The van der Waals surface area contributed by atoms with Crippen LogP contribution in [0.3, 0.4) is 0 Å². The predicted octanol–water partition coefficient (Wildman–Crippen LogP) is 1.84. The van der Waals surface area contributed by atoms with Gasteiger partial charge in [-0.25, -0.2) is 0 Å². The van der Waals surface area contributed by atoms with Crippen LogP contribution in [-0.2, 0) is 11.2 Å². The fourth-order valence-electron chi connectivity index (χ4n) is 3.12. The van der Waals surface area contributed by atoms with Crippen LogP contribution in [0.15, 0.2) is 24.3 Å². The molecule has 4 nitrogen and oxygen atoms in total. The molecular weight excluding hydrogens is 300 g/mol. The molecule has 0 aliphatic carbocycles. The Morgan fingerprint density at radius 1 is 1.08 bits per heavy atom. The molecule has 1 heterocycles. The molecule has 0 spiro atoms. The van der Waals surface area contributed by atoms with Crippen LogP contribution in [0.25, 0.3) is 0 Å². The van der Waals surface area contributed by atoms with E-state index in [9.17, 15) is 4.79 Å². The van der Waals surface area contributed by atoms with E-state index in [1.54, 1.807) is 0 Å². The lowest BCUT2D eigenvalue weighted by Gasteiger charge is -2.23. The van der Waals surface area contributed by atoms with Crippen LogP contribution < -0.4 is 10.2 Å². The van der Waals surface area contributed by atoms with Crippen molar-refractivity contribution in [3.05, 3.63) is 35.4 Å². The Hall–Kier alpha value is -1.39. The molecule has 1 aromatic rings. The SMILES string of the molecule is CCCCCCCc1ccc(C(=O)NCC[NH+]2CCOCC2)cc1. The molecule has 0 bridgehead atoms. The Balaban J connectivity index is 1.64. The zero-order valence-electron chi connectivity index (χ0n) is 15.1. The second-order valence-electron chi connectivity index (χ2n) is 6.73. The molecule has 2 N–H and O–H groups in total. The zero-order chi connectivity index (χ0) is 17.0. The zero-order valence-corrected chi connectivity index (χ0v) is 15.1. The summed E-state index contributed by atoms with van der Waals surface area (Å²) < 4.78 is 5.35. The quantitative estimate of drug-likeness (QED) is 0.642. The molecule has 134 valence electrons. The second-order valence-corrected chi connectivity index (χ2v) is 6.73. The van der Waals surface area contributed by atoms with Gasteiger partial charge < -0.3 is 15.0 Å². The highest BCUT2D eigenvalue weighted by Crippen LogP contribution is 2.10. The van der Waals surface area contributed by atoms with Crippen LogP contribution in [0.4, 0.5) is 0 Å². The maximum absolute atomic E-state index is 12.2. The maximum atomic E-state index is 12.2. The smallest absolute Gasteiger partial charge is 0.251 e. The molecular formula is C20H33N2O2+. The van der Waals surface area contributed by atoms with Gasteiger partial charge in [0.1, 0.15) is 13.1 Å². The van der Waals surface area contributed by atoms with E-state index in [0.717, 1.165) is 51.4 Å². The molecule has 24 heavy (non-hydrogen) atoms. The van der Waals surface area contributed by atoms with Crippen molar-refractivity contribution in [2.24, 2.45) is 0 Å². The molecule has 1 amide bonds. The first kappa shape index (κ1) is 18.9. The van der Waals surface area contributed by atoms with Gasteiger partial charge in [-0.1, -0.05) is 44.7 Å². The molecule has 1 saturated heterocycles. The molecule has 0 unspecified atom stereocenters. The fourth-order valence-corrected chi connectivity index (χ4v) is 3.12. The number of morpholine rings is 1. The van der Waals surface area contributed by atoms with E-state index in [-0.39, 0.29) is 5.91 Å². The Morgan fingerprint density at radius 2 is 1.79 bits per heavy atom. The average molecular weight is 333 g/mol. The lowest BCUT2D eigenvalue weighted by Crippen LogP contribution is -3.14. The number of benzene rings is 1.